The number of nitrogens with zero attached hydrogens (tertiary/aromatic N) is 4. The predicted molar refractivity (Wildman–Crippen MR) is 105 cm³/mol. The van der Waals surface area contributed by atoms with Gasteiger partial charge >= 0.3 is 0 Å². The smallest absolute Gasteiger partial charge is 0.253 e. The lowest BCUT2D eigenvalue weighted by Gasteiger charge is -2.46. The fourth-order valence-electron chi connectivity index (χ4n) is 4.23. The maximum Gasteiger partial charge on any atom is 0.253 e. The van der Waals surface area contributed by atoms with Crippen LogP contribution in [0.4, 0.5) is 0 Å². The summed E-state index contributed by atoms with van der Waals surface area (Å²) in [5.41, 5.74) is 1.41. The Kier molecular flexibility index (Phi) is 3.56. The molecule has 7 nitrogen and oxygen atoms in total. The Morgan fingerprint density at radius 3 is 3.04 bits per heavy atom. The summed E-state index contributed by atoms with van der Waals surface area (Å²) in [5, 5.41) is 12.0. The van der Waals surface area contributed by atoms with Crippen molar-refractivity contribution in [2.24, 2.45) is 0 Å². The van der Waals surface area contributed by atoms with Crippen molar-refractivity contribution in [3.8, 4) is 5.82 Å². The first-order valence-electron chi connectivity index (χ1n) is 11.0. The molecule has 0 saturated carbocycles. The van der Waals surface area contributed by atoms with Crippen LogP contribution in [0.25, 0.3) is 16.7 Å². The average molecular weight is 380 g/mol. The van der Waals surface area contributed by atoms with Crippen molar-refractivity contribution in [2.75, 3.05) is 13.6 Å². The second kappa shape index (κ2) is 7.00. The molecule has 0 unspecified atom stereocenters. The Labute approximate surface area is 167 Å². The molecule has 144 valence electrons. The van der Waals surface area contributed by atoms with Gasteiger partial charge in [-0.1, -0.05) is 18.2 Å². The highest BCUT2D eigenvalue weighted by atomic mass is 16.5. The Balaban J connectivity index is 1.41. The zero-order chi connectivity index (χ0) is 21.6. The van der Waals surface area contributed by atoms with E-state index in [1.165, 1.54) is 4.90 Å². The molecule has 2 aliphatic rings. The summed E-state index contributed by atoms with van der Waals surface area (Å²) in [6.07, 6.45) is 4.56. The number of aromatic nitrogens is 3. The number of rotatable bonds is 3. The van der Waals surface area contributed by atoms with Crippen molar-refractivity contribution in [3.63, 3.8) is 0 Å². The van der Waals surface area contributed by atoms with Gasteiger partial charge in [-0.15, -0.1) is 5.10 Å². The minimum Gasteiger partial charge on any atom is -0.363 e. The Hall–Kier alpha value is -2.77. The number of nitrogens with one attached hydrogen (secondary N) is 1. The van der Waals surface area contributed by atoms with Crippen LogP contribution in [0.3, 0.4) is 0 Å². The number of carbonyl (C=O) groups is 1. The molecule has 2 saturated heterocycles. The third-order valence-corrected chi connectivity index (χ3v) is 5.60. The van der Waals surface area contributed by atoms with Crippen molar-refractivity contribution >= 4 is 16.8 Å². The van der Waals surface area contributed by atoms with E-state index in [0.717, 1.165) is 10.9 Å². The van der Waals surface area contributed by atoms with Crippen LogP contribution >= 0.6 is 0 Å². The van der Waals surface area contributed by atoms with E-state index in [2.05, 4.69) is 15.5 Å². The molecule has 1 aromatic carbocycles. The second-order valence-corrected chi connectivity index (χ2v) is 7.33. The zero-order valence-corrected chi connectivity index (χ0v) is 15.3. The molecule has 2 fully saturated rings. The van der Waals surface area contributed by atoms with Crippen molar-refractivity contribution in [1.29, 1.82) is 0 Å². The summed E-state index contributed by atoms with van der Waals surface area (Å²) in [7, 11) is 0. The molecule has 0 aliphatic carbocycles. The van der Waals surface area contributed by atoms with Crippen LogP contribution in [0.5, 0.6) is 0 Å². The Morgan fingerprint density at radius 2 is 2.21 bits per heavy atom. The first-order chi connectivity index (χ1) is 14.9. The standard InChI is InChI=1S/C21H23N5O2/c1-25-15-8-10-28-20(25)12-14(11-15)23-21(27)17-13-26(19-7-4-9-22-24-19)18-6-3-2-5-16(17)18/h2-7,9,13-15,20H,8,10-12H2,1H3,(H,23,27)/t14-,15+,20+/m0/s1/i1D3. The largest absolute Gasteiger partial charge is 0.363 e. The molecule has 0 spiro atoms. The summed E-state index contributed by atoms with van der Waals surface area (Å²) in [5.74, 6) is 0.441. The number of ether oxygens (including phenoxy) is 1. The SMILES string of the molecule is [2H]C([2H])([2H])N1[C@@H]2CCO[C@@H]1C[C@@H](NC(=O)c1cn(-c3cccnn3)c3ccccc13)C2. The number of hydrogen-bond acceptors (Lipinski definition) is 5. The lowest BCUT2D eigenvalue weighted by atomic mass is 9.92. The van der Waals surface area contributed by atoms with Crippen LogP contribution < -0.4 is 5.32 Å². The summed E-state index contributed by atoms with van der Waals surface area (Å²) in [4.78, 5) is 14.7. The highest BCUT2D eigenvalue weighted by Gasteiger charge is 2.37. The number of benzene rings is 1. The number of hydrogen-bond donors (Lipinski definition) is 1. The maximum absolute atomic E-state index is 13.2. The first-order valence-corrected chi connectivity index (χ1v) is 9.51. The van der Waals surface area contributed by atoms with Gasteiger partial charge in [0.1, 0.15) is 6.23 Å². The van der Waals surface area contributed by atoms with E-state index in [0.29, 0.717) is 37.3 Å². The van der Waals surface area contributed by atoms with Crippen molar-refractivity contribution in [3.05, 3.63) is 54.4 Å². The van der Waals surface area contributed by atoms with Gasteiger partial charge in [-0.2, -0.15) is 5.10 Å². The van der Waals surface area contributed by atoms with E-state index in [-0.39, 0.29) is 18.0 Å². The van der Waals surface area contributed by atoms with Crippen molar-refractivity contribution in [1.82, 2.24) is 25.0 Å². The molecule has 3 aromatic rings. The number of carbonyl (C=O) groups excluding carboxylic acids is 1. The minimum absolute atomic E-state index is 0.133. The van der Waals surface area contributed by atoms with E-state index >= 15 is 0 Å². The molecule has 7 heteroatoms. The summed E-state index contributed by atoms with van der Waals surface area (Å²) < 4.78 is 31.0. The molecule has 5 rings (SSSR count). The molecule has 2 aromatic heterocycles. The van der Waals surface area contributed by atoms with Gasteiger partial charge < -0.3 is 10.1 Å². The van der Waals surface area contributed by atoms with Crippen molar-refractivity contribution < 1.29 is 13.6 Å². The van der Waals surface area contributed by atoms with Crippen LogP contribution in [0.2, 0.25) is 0 Å². The monoisotopic (exact) mass is 380 g/mol. The average Bonchev–Trinajstić information content (AvgIpc) is 3.13. The van der Waals surface area contributed by atoms with Crippen LogP contribution in [-0.2, 0) is 4.74 Å². The predicted octanol–water partition coefficient (Wildman–Crippen LogP) is 2.36. The quantitative estimate of drug-likeness (QED) is 0.755. The number of para-hydroxylation sites is 1. The van der Waals surface area contributed by atoms with Gasteiger partial charge in [-0.05, 0) is 38.0 Å². The first kappa shape index (κ1) is 14.3. The van der Waals surface area contributed by atoms with Gasteiger partial charge in [0.05, 0.1) is 17.7 Å². The Morgan fingerprint density at radius 1 is 1.29 bits per heavy atom. The van der Waals surface area contributed by atoms with E-state index < -0.39 is 13.2 Å². The molecule has 2 bridgehead atoms. The molecule has 28 heavy (non-hydrogen) atoms. The van der Waals surface area contributed by atoms with E-state index in [9.17, 15) is 4.79 Å². The maximum atomic E-state index is 13.2. The molecular formula is C21H23N5O2. The summed E-state index contributed by atoms with van der Waals surface area (Å²) >= 11 is 0. The number of piperidine rings is 1. The third-order valence-electron chi connectivity index (χ3n) is 5.60. The van der Waals surface area contributed by atoms with Gasteiger partial charge in [0.25, 0.3) is 5.91 Å². The van der Waals surface area contributed by atoms with Gasteiger partial charge in [0.15, 0.2) is 5.82 Å². The van der Waals surface area contributed by atoms with Gasteiger partial charge in [-0.3, -0.25) is 14.3 Å². The van der Waals surface area contributed by atoms with Gasteiger partial charge in [-0.25, -0.2) is 0 Å². The number of fused-ring (bicyclic) bond motifs is 3. The Bertz CT molecular complexity index is 1090. The van der Waals surface area contributed by atoms with E-state index in [1.54, 1.807) is 18.5 Å². The number of amides is 1. The van der Waals surface area contributed by atoms with E-state index in [4.69, 9.17) is 8.85 Å². The molecule has 1 N–H and O–H groups in total. The van der Waals surface area contributed by atoms with Crippen LogP contribution in [0.15, 0.2) is 48.8 Å². The molecule has 1 amide bonds. The molecule has 2 aliphatic heterocycles. The lowest BCUT2D eigenvalue weighted by molar-refractivity contribution is -0.139. The van der Waals surface area contributed by atoms with Gasteiger partial charge in [0, 0.05) is 40.4 Å². The lowest BCUT2D eigenvalue weighted by Crippen LogP contribution is -2.57. The van der Waals surface area contributed by atoms with Crippen LogP contribution in [0.1, 0.15) is 33.7 Å². The molecule has 3 atom stereocenters. The molecular weight excluding hydrogens is 354 g/mol. The fraction of sp³-hybridized carbons (Fsp3) is 0.381. The molecule has 0 radical (unpaired) electrons. The zero-order valence-electron chi connectivity index (χ0n) is 18.3. The third kappa shape index (κ3) is 2.96. The highest BCUT2D eigenvalue weighted by molar-refractivity contribution is 6.07. The second-order valence-electron chi connectivity index (χ2n) is 7.33. The highest BCUT2D eigenvalue weighted by Crippen LogP contribution is 2.30. The summed E-state index contributed by atoms with van der Waals surface area (Å²) in [6.45, 7) is -1.65. The van der Waals surface area contributed by atoms with Crippen LogP contribution in [-0.4, -0.2) is 57.5 Å². The van der Waals surface area contributed by atoms with Crippen molar-refractivity contribution in [2.45, 2.75) is 37.6 Å². The normalized spacial score (nSPS) is 27.0. The summed E-state index contributed by atoms with van der Waals surface area (Å²) in [6, 6.07) is 11.0. The fourth-order valence-corrected chi connectivity index (χ4v) is 4.23. The minimum atomic E-state index is -2.20. The van der Waals surface area contributed by atoms with Gasteiger partial charge in [0.2, 0.25) is 0 Å². The van der Waals surface area contributed by atoms with E-state index in [1.807, 2.05) is 34.9 Å². The molecule has 4 heterocycles. The topological polar surface area (TPSA) is 72.3 Å². The van der Waals surface area contributed by atoms with Crippen LogP contribution in [0, 0.1) is 0 Å².